The normalized spacial score (nSPS) is 12.2. The summed E-state index contributed by atoms with van der Waals surface area (Å²) in [5.74, 6) is 0. The lowest BCUT2D eigenvalue weighted by Crippen LogP contribution is -2.20. The van der Waals surface area contributed by atoms with Gasteiger partial charge in [-0.15, -0.1) is 0 Å². The van der Waals surface area contributed by atoms with Gasteiger partial charge in [-0.1, -0.05) is 20.3 Å². The molecule has 0 unspecified atom stereocenters. The van der Waals surface area contributed by atoms with Crippen LogP contribution in [-0.2, 0) is 10.0 Å². The number of nitrogens with zero attached hydrogens (tertiary/aromatic N) is 2. The third-order valence-corrected chi connectivity index (χ3v) is 4.13. The predicted octanol–water partition coefficient (Wildman–Crippen LogP) is 2.83. The van der Waals surface area contributed by atoms with Crippen LogP contribution in [0, 0.1) is 10.1 Å². The smallest absolute Gasteiger partial charge is 0.258 e. The van der Waals surface area contributed by atoms with Crippen molar-refractivity contribution in [2.24, 2.45) is 5.10 Å². The van der Waals surface area contributed by atoms with Crippen LogP contribution in [0.15, 0.2) is 34.3 Å². The third-order valence-electron chi connectivity index (χ3n) is 2.91. The number of non-ortho nitro benzene ring substituents is 1. The molecule has 0 aliphatic heterocycles. The van der Waals surface area contributed by atoms with Gasteiger partial charge < -0.3 is 0 Å². The summed E-state index contributed by atoms with van der Waals surface area (Å²) in [7, 11) is -3.79. The maximum absolute atomic E-state index is 12.0. The number of hydrogen-bond acceptors (Lipinski definition) is 5. The lowest BCUT2D eigenvalue weighted by atomic mass is 10.1. The Hall–Kier alpha value is -1.96. The minimum absolute atomic E-state index is 0.0530. The van der Waals surface area contributed by atoms with Crippen LogP contribution in [0.2, 0.25) is 0 Å². The number of sulfonamides is 1. The van der Waals surface area contributed by atoms with Crippen LogP contribution >= 0.6 is 0 Å². The molecule has 1 rings (SSSR count). The first-order valence-electron chi connectivity index (χ1n) is 6.72. The Morgan fingerprint density at radius 3 is 2.38 bits per heavy atom. The van der Waals surface area contributed by atoms with Gasteiger partial charge in [0.25, 0.3) is 15.7 Å². The third kappa shape index (κ3) is 5.14. The Labute approximate surface area is 124 Å². The van der Waals surface area contributed by atoms with Gasteiger partial charge in [-0.25, -0.2) is 4.83 Å². The molecule has 0 radical (unpaired) electrons. The molecule has 0 atom stereocenters. The number of nitro groups is 1. The predicted molar refractivity (Wildman–Crippen MR) is 80.7 cm³/mol. The van der Waals surface area contributed by atoms with Crippen molar-refractivity contribution in [2.75, 3.05) is 0 Å². The minimum atomic E-state index is -3.79. The monoisotopic (exact) mass is 313 g/mol. The van der Waals surface area contributed by atoms with Gasteiger partial charge in [0.1, 0.15) is 0 Å². The Morgan fingerprint density at radius 2 is 1.90 bits per heavy atom. The molecule has 0 aromatic heterocycles. The molecule has 0 saturated carbocycles. The maximum atomic E-state index is 12.0. The van der Waals surface area contributed by atoms with Crippen molar-refractivity contribution in [1.82, 2.24) is 4.83 Å². The van der Waals surface area contributed by atoms with Gasteiger partial charge >= 0.3 is 0 Å². The highest BCUT2D eigenvalue weighted by molar-refractivity contribution is 7.89. The van der Waals surface area contributed by atoms with E-state index in [0.29, 0.717) is 6.42 Å². The summed E-state index contributed by atoms with van der Waals surface area (Å²) in [5, 5.41) is 14.5. The first kappa shape index (κ1) is 17.1. The van der Waals surface area contributed by atoms with Gasteiger partial charge in [0.15, 0.2) is 0 Å². The molecule has 0 spiro atoms. The standard InChI is InChI=1S/C13H19N3O4S/c1-3-5-6-11(4-2)14-15-21(19,20)13-9-7-12(8-10-13)16(17)18/h7-10,15H,3-6H2,1-2H3. The van der Waals surface area contributed by atoms with Crippen LogP contribution in [0.5, 0.6) is 0 Å². The molecule has 0 aliphatic rings. The molecule has 0 fully saturated rings. The number of hydrogen-bond donors (Lipinski definition) is 1. The Morgan fingerprint density at radius 1 is 1.29 bits per heavy atom. The van der Waals surface area contributed by atoms with Gasteiger partial charge in [0.05, 0.1) is 9.82 Å². The van der Waals surface area contributed by atoms with E-state index in [4.69, 9.17) is 0 Å². The van der Waals surface area contributed by atoms with Crippen LogP contribution in [0.4, 0.5) is 5.69 Å². The molecular weight excluding hydrogens is 294 g/mol. The molecule has 1 N–H and O–H groups in total. The number of nitro benzene ring substituents is 1. The van der Waals surface area contributed by atoms with Crippen molar-refractivity contribution in [2.45, 2.75) is 44.4 Å². The SMILES string of the molecule is CCCCC(CC)=NNS(=O)(=O)c1ccc([N+](=O)[O-])cc1. The van der Waals surface area contributed by atoms with E-state index in [-0.39, 0.29) is 10.6 Å². The van der Waals surface area contributed by atoms with Gasteiger partial charge in [0, 0.05) is 17.8 Å². The molecule has 116 valence electrons. The highest BCUT2D eigenvalue weighted by Gasteiger charge is 2.15. The summed E-state index contributed by atoms with van der Waals surface area (Å²) in [5.41, 5.74) is 0.622. The second-order valence-electron chi connectivity index (χ2n) is 4.48. The first-order valence-corrected chi connectivity index (χ1v) is 8.20. The molecule has 21 heavy (non-hydrogen) atoms. The van der Waals surface area contributed by atoms with Crippen LogP contribution in [0.25, 0.3) is 0 Å². The maximum Gasteiger partial charge on any atom is 0.276 e. The summed E-state index contributed by atoms with van der Waals surface area (Å²) in [6.45, 7) is 3.96. The number of nitrogens with one attached hydrogen (secondary N) is 1. The summed E-state index contributed by atoms with van der Waals surface area (Å²) >= 11 is 0. The Balaban J connectivity index is 2.85. The summed E-state index contributed by atoms with van der Waals surface area (Å²) < 4.78 is 24.0. The zero-order valence-electron chi connectivity index (χ0n) is 12.1. The largest absolute Gasteiger partial charge is 0.276 e. The Bertz CT molecular complexity index is 609. The lowest BCUT2D eigenvalue weighted by Gasteiger charge is -2.06. The molecule has 1 aromatic carbocycles. The molecule has 8 heteroatoms. The summed E-state index contributed by atoms with van der Waals surface area (Å²) in [6.07, 6.45) is 3.37. The van der Waals surface area contributed by atoms with Crippen molar-refractivity contribution >= 4 is 21.4 Å². The molecule has 0 saturated heterocycles. The molecule has 0 heterocycles. The van der Waals surface area contributed by atoms with E-state index >= 15 is 0 Å². The summed E-state index contributed by atoms with van der Waals surface area (Å²) in [6, 6.07) is 4.67. The zero-order chi connectivity index (χ0) is 15.9. The van der Waals surface area contributed by atoms with Crippen molar-refractivity contribution in [3.05, 3.63) is 34.4 Å². The van der Waals surface area contributed by atoms with E-state index < -0.39 is 14.9 Å². The van der Waals surface area contributed by atoms with E-state index in [1.807, 2.05) is 13.8 Å². The minimum Gasteiger partial charge on any atom is -0.258 e. The molecule has 0 aliphatic carbocycles. The fourth-order valence-electron chi connectivity index (χ4n) is 1.62. The molecule has 0 bridgehead atoms. The molecule has 0 amide bonds. The Kier molecular flexibility index (Phi) is 6.29. The topological polar surface area (TPSA) is 102 Å². The average molecular weight is 313 g/mol. The van der Waals surface area contributed by atoms with Crippen LogP contribution in [0.3, 0.4) is 0 Å². The van der Waals surface area contributed by atoms with E-state index in [1.165, 1.54) is 12.1 Å². The number of benzene rings is 1. The number of rotatable bonds is 8. The van der Waals surface area contributed by atoms with Crippen LogP contribution < -0.4 is 4.83 Å². The lowest BCUT2D eigenvalue weighted by molar-refractivity contribution is -0.384. The van der Waals surface area contributed by atoms with Gasteiger partial charge in [0.2, 0.25) is 0 Å². The van der Waals surface area contributed by atoms with Crippen molar-refractivity contribution in [3.63, 3.8) is 0 Å². The van der Waals surface area contributed by atoms with Crippen molar-refractivity contribution in [3.8, 4) is 0 Å². The highest BCUT2D eigenvalue weighted by atomic mass is 32.2. The van der Waals surface area contributed by atoms with E-state index in [0.717, 1.165) is 37.1 Å². The average Bonchev–Trinajstić information content (AvgIpc) is 2.47. The van der Waals surface area contributed by atoms with E-state index in [9.17, 15) is 18.5 Å². The number of unbranched alkanes of at least 4 members (excludes halogenated alkanes) is 1. The van der Waals surface area contributed by atoms with Crippen LogP contribution in [0.1, 0.15) is 39.5 Å². The van der Waals surface area contributed by atoms with Gasteiger partial charge in [-0.05, 0) is 31.4 Å². The van der Waals surface area contributed by atoms with Gasteiger partial charge in [-0.3, -0.25) is 10.1 Å². The first-order chi connectivity index (χ1) is 9.90. The van der Waals surface area contributed by atoms with E-state index in [2.05, 4.69) is 9.93 Å². The summed E-state index contributed by atoms with van der Waals surface area (Å²) in [4.78, 5) is 12.1. The fraction of sp³-hybridized carbons (Fsp3) is 0.462. The number of hydrazone groups is 1. The second kappa shape index (κ2) is 7.72. The molecular formula is C13H19N3O4S. The second-order valence-corrected chi connectivity index (χ2v) is 6.14. The molecule has 1 aromatic rings. The van der Waals surface area contributed by atoms with Gasteiger partial charge in [-0.2, -0.15) is 13.5 Å². The van der Waals surface area contributed by atoms with E-state index in [1.54, 1.807) is 0 Å². The van der Waals surface area contributed by atoms with Crippen LogP contribution in [-0.4, -0.2) is 19.1 Å². The zero-order valence-corrected chi connectivity index (χ0v) is 12.9. The highest BCUT2D eigenvalue weighted by Crippen LogP contribution is 2.15. The fourth-order valence-corrected chi connectivity index (χ4v) is 2.47. The quantitative estimate of drug-likeness (QED) is 0.453. The van der Waals surface area contributed by atoms with Crippen molar-refractivity contribution < 1.29 is 13.3 Å². The van der Waals surface area contributed by atoms with Crippen molar-refractivity contribution in [1.29, 1.82) is 0 Å². The molecule has 7 nitrogen and oxygen atoms in total.